The molecule has 2 heterocycles. The molecule has 26 heavy (non-hydrogen) atoms. The number of hydrogen-bond donors (Lipinski definition) is 2. The molecule has 1 atom stereocenters. The van der Waals surface area contributed by atoms with E-state index >= 15 is 0 Å². The lowest BCUT2D eigenvalue weighted by atomic mass is 9.99. The van der Waals surface area contributed by atoms with Gasteiger partial charge in [0.1, 0.15) is 11.9 Å². The van der Waals surface area contributed by atoms with Crippen LogP contribution in [0.1, 0.15) is 26.7 Å². The van der Waals surface area contributed by atoms with Gasteiger partial charge < -0.3 is 15.5 Å². The molecule has 1 saturated heterocycles. The average molecular weight is 373 g/mol. The molecule has 0 aliphatic carbocycles. The van der Waals surface area contributed by atoms with Crippen molar-refractivity contribution in [2.45, 2.75) is 32.7 Å². The number of hydrogen-bond acceptors (Lipinski definition) is 4. The molecule has 3 rings (SSSR count). The first kappa shape index (κ1) is 18.5. The van der Waals surface area contributed by atoms with Gasteiger partial charge in [-0.3, -0.25) is 4.79 Å². The summed E-state index contributed by atoms with van der Waals surface area (Å²) < 4.78 is 0. The Morgan fingerprint density at radius 2 is 1.88 bits per heavy atom. The van der Waals surface area contributed by atoms with Gasteiger partial charge in [-0.1, -0.05) is 18.5 Å². The Bertz CT molecular complexity index is 724. The topological polar surface area (TPSA) is 57.3 Å². The van der Waals surface area contributed by atoms with Crippen LogP contribution in [0.3, 0.4) is 0 Å². The maximum absolute atomic E-state index is 12.3. The number of benzene rings is 1. The first-order valence-corrected chi connectivity index (χ1v) is 9.43. The Labute approximate surface area is 159 Å². The third kappa shape index (κ3) is 4.88. The summed E-state index contributed by atoms with van der Waals surface area (Å²) in [4.78, 5) is 18.8. The van der Waals surface area contributed by atoms with Crippen LogP contribution >= 0.6 is 11.6 Å². The molecular formula is C20H25ClN4O. The number of nitrogens with one attached hydrogen (secondary N) is 2. The van der Waals surface area contributed by atoms with Crippen LogP contribution < -0.4 is 15.5 Å². The molecular weight excluding hydrogens is 348 g/mol. The van der Waals surface area contributed by atoms with Crippen molar-refractivity contribution in [3.63, 3.8) is 0 Å². The van der Waals surface area contributed by atoms with E-state index < -0.39 is 0 Å². The number of aromatic nitrogens is 1. The van der Waals surface area contributed by atoms with Crippen molar-refractivity contribution < 1.29 is 4.79 Å². The van der Waals surface area contributed by atoms with E-state index in [4.69, 9.17) is 11.6 Å². The highest BCUT2D eigenvalue weighted by atomic mass is 35.5. The molecule has 138 valence electrons. The van der Waals surface area contributed by atoms with Crippen molar-refractivity contribution in [1.29, 1.82) is 0 Å². The minimum Gasteiger partial charge on any atom is -0.374 e. The summed E-state index contributed by atoms with van der Waals surface area (Å²) in [5.41, 5.74) is 2.16. The second kappa shape index (κ2) is 8.41. The van der Waals surface area contributed by atoms with E-state index in [1.54, 1.807) is 12.1 Å². The molecule has 0 unspecified atom stereocenters. The summed E-state index contributed by atoms with van der Waals surface area (Å²) in [6.45, 7) is 6.36. The van der Waals surface area contributed by atoms with Crippen molar-refractivity contribution in [1.82, 2.24) is 4.98 Å². The summed E-state index contributed by atoms with van der Waals surface area (Å²) >= 11 is 5.80. The van der Waals surface area contributed by atoms with E-state index in [0.717, 1.165) is 24.7 Å². The maximum atomic E-state index is 12.3. The van der Waals surface area contributed by atoms with Crippen LogP contribution in [0.15, 0.2) is 42.6 Å². The Morgan fingerprint density at radius 1 is 1.19 bits per heavy atom. The van der Waals surface area contributed by atoms with Crippen molar-refractivity contribution >= 4 is 34.7 Å². The quantitative estimate of drug-likeness (QED) is 0.816. The highest BCUT2D eigenvalue weighted by Crippen LogP contribution is 2.24. The number of amides is 1. The second-order valence-corrected chi connectivity index (χ2v) is 7.37. The van der Waals surface area contributed by atoms with E-state index in [1.807, 2.05) is 19.1 Å². The Balaban J connectivity index is 1.54. The van der Waals surface area contributed by atoms with Crippen molar-refractivity contribution in [3.05, 3.63) is 47.6 Å². The third-order valence-electron chi connectivity index (χ3n) is 4.77. The fraction of sp³-hybridized carbons (Fsp3) is 0.400. The number of pyridine rings is 1. The zero-order valence-electron chi connectivity index (χ0n) is 15.2. The summed E-state index contributed by atoms with van der Waals surface area (Å²) in [6.07, 6.45) is 4.00. The lowest BCUT2D eigenvalue weighted by Gasteiger charge is -2.32. The zero-order chi connectivity index (χ0) is 18.5. The van der Waals surface area contributed by atoms with Crippen LogP contribution in [0.5, 0.6) is 0 Å². The van der Waals surface area contributed by atoms with Crippen molar-refractivity contribution in [2.75, 3.05) is 28.6 Å². The van der Waals surface area contributed by atoms with Crippen molar-refractivity contribution in [3.8, 4) is 0 Å². The molecule has 2 aromatic rings. The molecule has 6 heteroatoms. The van der Waals surface area contributed by atoms with Gasteiger partial charge >= 0.3 is 0 Å². The summed E-state index contributed by atoms with van der Waals surface area (Å²) in [5, 5.41) is 6.54. The molecule has 1 aliphatic rings. The van der Waals surface area contributed by atoms with Gasteiger partial charge in [-0.2, -0.15) is 0 Å². The SMILES string of the molecule is CC1CCN(c2ccc(N[C@H](C)C(=O)Nc3ccc(Cl)cn3)cc2)CC1. The summed E-state index contributed by atoms with van der Waals surface area (Å²) in [7, 11) is 0. The van der Waals surface area contributed by atoms with Gasteiger partial charge in [0.25, 0.3) is 0 Å². The average Bonchev–Trinajstić information content (AvgIpc) is 2.65. The normalized spacial score (nSPS) is 16.2. The predicted molar refractivity (Wildman–Crippen MR) is 108 cm³/mol. The number of halogens is 1. The van der Waals surface area contributed by atoms with Gasteiger partial charge in [0, 0.05) is 30.7 Å². The molecule has 0 radical (unpaired) electrons. The van der Waals surface area contributed by atoms with Gasteiger partial charge in [-0.05, 0) is 62.1 Å². The van der Waals surface area contributed by atoms with E-state index in [-0.39, 0.29) is 11.9 Å². The molecule has 0 spiro atoms. The molecule has 1 aliphatic heterocycles. The first-order chi connectivity index (χ1) is 12.5. The molecule has 0 bridgehead atoms. The highest BCUT2D eigenvalue weighted by molar-refractivity contribution is 6.30. The standard InChI is InChI=1S/C20H25ClN4O/c1-14-9-11-25(12-10-14)18-6-4-17(5-7-18)23-15(2)20(26)24-19-8-3-16(21)13-22-19/h3-8,13-15,23H,9-12H2,1-2H3,(H,22,24,26)/t15-/m1/s1. The van der Waals surface area contributed by atoms with Crippen LogP contribution in [-0.2, 0) is 4.79 Å². The van der Waals surface area contributed by atoms with Crippen LogP contribution in [0.2, 0.25) is 5.02 Å². The number of piperidine rings is 1. The number of anilines is 3. The number of carbonyl (C=O) groups is 1. The maximum Gasteiger partial charge on any atom is 0.247 e. The minimum absolute atomic E-state index is 0.145. The van der Waals surface area contributed by atoms with E-state index in [2.05, 4.69) is 39.6 Å². The lowest BCUT2D eigenvalue weighted by Crippen LogP contribution is -2.33. The van der Waals surface area contributed by atoms with E-state index in [1.165, 1.54) is 24.7 Å². The van der Waals surface area contributed by atoms with Gasteiger partial charge in [0.15, 0.2) is 0 Å². The lowest BCUT2D eigenvalue weighted by molar-refractivity contribution is -0.116. The monoisotopic (exact) mass is 372 g/mol. The highest BCUT2D eigenvalue weighted by Gasteiger charge is 2.17. The Hall–Kier alpha value is -2.27. The Morgan fingerprint density at radius 3 is 2.50 bits per heavy atom. The third-order valence-corrected chi connectivity index (χ3v) is 4.99. The number of nitrogens with zero attached hydrogens (tertiary/aromatic N) is 2. The van der Waals surface area contributed by atoms with Gasteiger partial charge in [0.05, 0.1) is 5.02 Å². The zero-order valence-corrected chi connectivity index (χ0v) is 16.0. The minimum atomic E-state index is -0.380. The van der Waals surface area contributed by atoms with E-state index in [0.29, 0.717) is 10.8 Å². The Kier molecular flexibility index (Phi) is 5.99. The molecule has 1 fully saturated rings. The first-order valence-electron chi connectivity index (χ1n) is 9.05. The van der Waals surface area contributed by atoms with Gasteiger partial charge in [0.2, 0.25) is 5.91 Å². The number of rotatable bonds is 5. The molecule has 5 nitrogen and oxygen atoms in total. The van der Waals surface area contributed by atoms with Crippen molar-refractivity contribution in [2.24, 2.45) is 5.92 Å². The largest absolute Gasteiger partial charge is 0.374 e. The smallest absolute Gasteiger partial charge is 0.247 e. The molecule has 0 saturated carbocycles. The summed E-state index contributed by atoms with van der Waals surface area (Å²) in [6, 6.07) is 11.3. The van der Waals surface area contributed by atoms with E-state index in [9.17, 15) is 4.79 Å². The van der Waals surface area contributed by atoms with Crippen LogP contribution in [0.25, 0.3) is 0 Å². The van der Waals surface area contributed by atoms with Gasteiger partial charge in [-0.25, -0.2) is 4.98 Å². The molecule has 1 aromatic carbocycles. The van der Waals surface area contributed by atoms with Gasteiger partial charge in [-0.15, -0.1) is 0 Å². The fourth-order valence-electron chi connectivity index (χ4n) is 3.04. The molecule has 2 N–H and O–H groups in total. The summed E-state index contributed by atoms with van der Waals surface area (Å²) in [5.74, 6) is 1.17. The fourth-order valence-corrected chi connectivity index (χ4v) is 3.15. The van der Waals surface area contributed by atoms with Crippen LogP contribution in [0, 0.1) is 5.92 Å². The predicted octanol–water partition coefficient (Wildman–Crippen LogP) is 4.41. The van der Waals surface area contributed by atoms with Crippen LogP contribution in [-0.4, -0.2) is 30.0 Å². The van der Waals surface area contributed by atoms with Crippen LogP contribution in [0.4, 0.5) is 17.2 Å². The number of carbonyl (C=O) groups excluding carboxylic acids is 1. The molecule has 1 amide bonds. The second-order valence-electron chi connectivity index (χ2n) is 6.93. The molecule has 1 aromatic heterocycles.